The largest absolute Gasteiger partial charge is 0.494 e. The Morgan fingerprint density at radius 2 is 2.03 bits per heavy atom. The molecular weight excluding hydrogens is 370 g/mol. The van der Waals surface area contributed by atoms with E-state index in [9.17, 15) is 9.59 Å². The molecule has 3 rings (SSSR count). The fraction of sp³-hybridized carbons (Fsp3) is 0.636. The van der Waals surface area contributed by atoms with Gasteiger partial charge in [-0.05, 0) is 56.8 Å². The van der Waals surface area contributed by atoms with Crippen molar-refractivity contribution in [2.75, 3.05) is 39.4 Å². The maximum absolute atomic E-state index is 12.5. The minimum absolute atomic E-state index is 0.0134. The third-order valence-corrected chi connectivity index (χ3v) is 5.99. The van der Waals surface area contributed by atoms with E-state index in [0.29, 0.717) is 26.1 Å². The van der Waals surface area contributed by atoms with Crippen molar-refractivity contribution in [3.8, 4) is 5.75 Å². The first-order valence-electron chi connectivity index (χ1n) is 10.7. The molecule has 0 bridgehead atoms. The smallest absolute Gasteiger partial charge is 0.240 e. The van der Waals surface area contributed by atoms with Crippen LogP contribution in [0.15, 0.2) is 24.3 Å². The van der Waals surface area contributed by atoms with Crippen molar-refractivity contribution in [2.24, 2.45) is 0 Å². The molecule has 2 N–H and O–H groups in total. The Kier molecular flexibility index (Phi) is 7.50. The lowest BCUT2D eigenvalue weighted by molar-refractivity contribution is -0.131. The molecule has 29 heavy (non-hydrogen) atoms. The number of amides is 2. The fourth-order valence-corrected chi connectivity index (χ4v) is 4.19. The van der Waals surface area contributed by atoms with Gasteiger partial charge in [-0.15, -0.1) is 0 Å². The molecule has 2 heterocycles. The molecule has 0 spiro atoms. The Balaban J connectivity index is 1.45. The maximum Gasteiger partial charge on any atom is 0.240 e. The van der Waals surface area contributed by atoms with Crippen molar-refractivity contribution in [1.29, 1.82) is 0 Å². The van der Waals surface area contributed by atoms with Crippen molar-refractivity contribution in [3.05, 3.63) is 29.8 Å². The molecular formula is C22H33N3O4. The quantitative estimate of drug-likeness (QED) is 0.579. The second-order valence-electron chi connectivity index (χ2n) is 8.11. The zero-order chi connectivity index (χ0) is 20.7. The Morgan fingerprint density at radius 3 is 2.72 bits per heavy atom. The van der Waals surface area contributed by atoms with Crippen LogP contribution < -0.4 is 10.1 Å². The summed E-state index contributed by atoms with van der Waals surface area (Å²) >= 11 is 0. The predicted octanol–water partition coefficient (Wildman–Crippen LogP) is 1.54. The second kappa shape index (κ2) is 10.1. The summed E-state index contributed by atoms with van der Waals surface area (Å²) < 4.78 is 5.81. The SMILES string of the molecule is CC1(C(=O)NCCO)CCCN1Cc1ccc(OCCCN2CCCC2=O)cc1. The highest BCUT2D eigenvalue weighted by molar-refractivity contribution is 5.86. The molecule has 7 nitrogen and oxygen atoms in total. The summed E-state index contributed by atoms with van der Waals surface area (Å²) in [6.07, 6.45) is 4.30. The summed E-state index contributed by atoms with van der Waals surface area (Å²) in [7, 11) is 0. The third-order valence-electron chi connectivity index (χ3n) is 5.99. The number of hydrogen-bond donors (Lipinski definition) is 2. The highest BCUT2D eigenvalue weighted by Crippen LogP contribution is 2.31. The lowest BCUT2D eigenvalue weighted by Crippen LogP contribution is -2.53. The molecule has 0 aliphatic carbocycles. The standard InChI is InChI=1S/C22H33N3O4/c1-22(21(28)23-11-15-26)10-3-14-25(22)17-18-6-8-19(9-7-18)29-16-4-13-24-12-2-5-20(24)27/h6-9,26H,2-5,10-17H2,1H3,(H,23,28). The highest BCUT2D eigenvalue weighted by Gasteiger charge is 2.42. The average Bonchev–Trinajstić information content (AvgIpc) is 3.30. The van der Waals surface area contributed by atoms with Crippen LogP contribution in [0, 0.1) is 0 Å². The Hall–Kier alpha value is -2.12. The molecule has 2 aliphatic heterocycles. The van der Waals surface area contributed by atoms with Crippen molar-refractivity contribution < 1.29 is 19.4 Å². The van der Waals surface area contributed by atoms with Gasteiger partial charge in [-0.2, -0.15) is 0 Å². The first-order chi connectivity index (χ1) is 14.0. The van der Waals surface area contributed by atoms with E-state index in [1.165, 1.54) is 0 Å². The summed E-state index contributed by atoms with van der Waals surface area (Å²) in [5.74, 6) is 1.07. The van der Waals surface area contributed by atoms with Gasteiger partial charge in [-0.1, -0.05) is 12.1 Å². The van der Waals surface area contributed by atoms with E-state index in [-0.39, 0.29) is 18.4 Å². The number of aliphatic hydroxyl groups is 1. The van der Waals surface area contributed by atoms with Gasteiger partial charge >= 0.3 is 0 Å². The summed E-state index contributed by atoms with van der Waals surface area (Å²) in [6.45, 7) is 6.06. The van der Waals surface area contributed by atoms with E-state index >= 15 is 0 Å². The van der Waals surface area contributed by atoms with Crippen molar-refractivity contribution in [2.45, 2.75) is 51.1 Å². The van der Waals surface area contributed by atoms with E-state index < -0.39 is 5.54 Å². The fourth-order valence-electron chi connectivity index (χ4n) is 4.19. The van der Waals surface area contributed by atoms with Crippen LogP contribution in [0.4, 0.5) is 0 Å². The van der Waals surface area contributed by atoms with Gasteiger partial charge in [0.05, 0.1) is 18.8 Å². The lowest BCUT2D eigenvalue weighted by atomic mass is 9.97. The second-order valence-corrected chi connectivity index (χ2v) is 8.11. The molecule has 1 unspecified atom stereocenters. The summed E-state index contributed by atoms with van der Waals surface area (Å²) in [4.78, 5) is 28.3. The molecule has 2 saturated heterocycles. The topological polar surface area (TPSA) is 82.1 Å². The average molecular weight is 404 g/mol. The van der Waals surface area contributed by atoms with Gasteiger partial charge < -0.3 is 20.1 Å². The van der Waals surface area contributed by atoms with E-state index in [2.05, 4.69) is 10.2 Å². The first kappa shape index (κ1) is 21.6. The molecule has 2 aliphatic rings. The Labute approximate surface area is 173 Å². The predicted molar refractivity (Wildman–Crippen MR) is 111 cm³/mol. The van der Waals surface area contributed by atoms with Gasteiger partial charge in [0.1, 0.15) is 5.75 Å². The van der Waals surface area contributed by atoms with Crippen LogP contribution in [-0.4, -0.2) is 71.7 Å². The molecule has 1 aromatic rings. The van der Waals surface area contributed by atoms with Crippen molar-refractivity contribution in [3.63, 3.8) is 0 Å². The zero-order valence-electron chi connectivity index (χ0n) is 17.4. The van der Waals surface area contributed by atoms with Gasteiger partial charge in [-0.25, -0.2) is 0 Å². The number of benzene rings is 1. The van der Waals surface area contributed by atoms with Crippen molar-refractivity contribution in [1.82, 2.24) is 15.1 Å². The van der Waals surface area contributed by atoms with E-state index in [1.54, 1.807) is 0 Å². The van der Waals surface area contributed by atoms with E-state index in [1.807, 2.05) is 36.1 Å². The number of nitrogens with zero attached hydrogens (tertiary/aromatic N) is 2. The molecule has 160 valence electrons. The van der Waals surface area contributed by atoms with Crippen LogP contribution in [0.2, 0.25) is 0 Å². The first-order valence-corrected chi connectivity index (χ1v) is 10.7. The number of rotatable bonds is 10. The van der Waals surface area contributed by atoms with Gasteiger partial charge in [0.25, 0.3) is 0 Å². The number of likely N-dealkylation sites (tertiary alicyclic amines) is 2. The minimum Gasteiger partial charge on any atom is -0.494 e. The van der Waals surface area contributed by atoms with Gasteiger partial charge in [0.15, 0.2) is 0 Å². The number of aliphatic hydroxyl groups excluding tert-OH is 1. The van der Waals surface area contributed by atoms with Gasteiger partial charge in [0, 0.05) is 32.6 Å². The summed E-state index contributed by atoms with van der Waals surface area (Å²) in [5.41, 5.74) is 0.611. The van der Waals surface area contributed by atoms with Crippen LogP contribution in [0.1, 0.15) is 44.6 Å². The molecule has 2 fully saturated rings. The van der Waals surface area contributed by atoms with E-state index in [4.69, 9.17) is 9.84 Å². The molecule has 1 aromatic carbocycles. The Bertz CT molecular complexity index is 694. The number of hydrogen-bond acceptors (Lipinski definition) is 5. The van der Waals surface area contributed by atoms with Crippen LogP contribution in [0.25, 0.3) is 0 Å². The number of carbonyl (C=O) groups excluding carboxylic acids is 2. The van der Waals surface area contributed by atoms with Crippen molar-refractivity contribution >= 4 is 11.8 Å². The lowest BCUT2D eigenvalue weighted by Gasteiger charge is -2.34. The number of carbonyl (C=O) groups is 2. The molecule has 0 saturated carbocycles. The summed E-state index contributed by atoms with van der Waals surface area (Å²) in [5, 5.41) is 11.8. The van der Waals surface area contributed by atoms with Crippen LogP contribution in [0.5, 0.6) is 5.75 Å². The maximum atomic E-state index is 12.5. The van der Waals surface area contributed by atoms with Gasteiger partial charge in [-0.3, -0.25) is 14.5 Å². The normalized spacial score (nSPS) is 22.3. The molecule has 0 aromatic heterocycles. The molecule has 0 radical (unpaired) electrons. The summed E-state index contributed by atoms with van der Waals surface area (Å²) in [6, 6.07) is 8.03. The molecule has 2 amide bonds. The minimum atomic E-state index is -0.530. The molecule has 7 heteroatoms. The van der Waals surface area contributed by atoms with E-state index in [0.717, 1.165) is 56.6 Å². The monoisotopic (exact) mass is 403 g/mol. The Morgan fingerprint density at radius 1 is 1.24 bits per heavy atom. The van der Waals surface area contributed by atoms with Gasteiger partial charge in [0.2, 0.25) is 11.8 Å². The number of nitrogens with one attached hydrogen (secondary N) is 1. The number of ether oxygens (including phenoxy) is 1. The molecule has 1 atom stereocenters. The van der Waals surface area contributed by atoms with Crippen LogP contribution in [0.3, 0.4) is 0 Å². The van der Waals surface area contributed by atoms with Crippen LogP contribution >= 0.6 is 0 Å². The third kappa shape index (κ3) is 5.48. The highest BCUT2D eigenvalue weighted by atomic mass is 16.5. The van der Waals surface area contributed by atoms with Crippen LogP contribution in [-0.2, 0) is 16.1 Å². The zero-order valence-corrected chi connectivity index (χ0v) is 17.4.